The molecule has 0 saturated heterocycles. The lowest BCUT2D eigenvalue weighted by molar-refractivity contribution is 0.114. The van der Waals surface area contributed by atoms with Crippen molar-refractivity contribution in [2.45, 2.75) is 46.1 Å². The summed E-state index contributed by atoms with van der Waals surface area (Å²) in [6.45, 7) is 7.55. The molecule has 1 heterocycles. The molecular formula is C15H28N4O2. The van der Waals surface area contributed by atoms with Crippen molar-refractivity contribution in [3.63, 3.8) is 0 Å². The van der Waals surface area contributed by atoms with E-state index < -0.39 is 6.10 Å². The molecule has 0 fully saturated rings. The molecule has 0 aliphatic carbocycles. The maximum atomic E-state index is 10.2. The molecule has 0 saturated carbocycles. The fraction of sp³-hybridized carbons (Fsp3) is 0.733. The third-order valence-corrected chi connectivity index (χ3v) is 3.62. The number of aliphatic hydroxyl groups excluding tert-OH is 1. The molecule has 120 valence electrons. The topological polar surface area (TPSA) is 79.3 Å². The molecule has 1 unspecified atom stereocenters. The predicted octanol–water partition coefficient (Wildman–Crippen LogP) is 2.52. The average molecular weight is 296 g/mol. The van der Waals surface area contributed by atoms with Gasteiger partial charge in [-0.1, -0.05) is 33.6 Å². The van der Waals surface area contributed by atoms with Crippen LogP contribution in [0.25, 0.3) is 0 Å². The molecule has 0 amide bonds. The number of ether oxygens (including phenoxy) is 1. The summed E-state index contributed by atoms with van der Waals surface area (Å²) >= 11 is 0. The van der Waals surface area contributed by atoms with Gasteiger partial charge in [-0.05, 0) is 12.3 Å². The van der Waals surface area contributed by atoms with Crippen LogP contribution in [0, 0.1) is 5.92 Å². The minimum absolute atomic E-state index is 0.294. The van der Waals surface area contributed by atoms with Crippen molar-refractivity contribution < 1.29 is 9.84 Å². The van der Waals surface area contributed by atoms with E-state index in [2.05, 4.69) is 41.4 Å². The second kappa shape index (κ2) is 9.39. The standard InChI is InChI=1S/C15H28N4O2/c1-5-8-16-14-13(21-4)15(19-10-18-14)17-9-12(20)11(6-2)7-3/h10-12,20H,5-9H2,1-4H3,(H2,16,17,18,19). The molecule has 1 atom stereocenters. The van der Waals surface area contributed by atoms with Crippen molar-refractivity contribution in [2.75, 3.05) is 30.8 Å². The third-order valence-electron chi connectivity index (χ3n) is 3.62. The van der Waals surface area contributed by atoms with E-state index in [1.165, 1.54) is 6.33 Å². The number of aromatic nitrogens is 2. The molecule has 3 N–H and O–H groups in total. The molecule has 6 heteroatoms. The van der Waals surface area contributed by atoms with Crippen molar-refractivity contribution in [1.82, 2.24) is 9.97 Å². The Morgan fingerprint density at radius 3 is 2.29 bits per heavy atom. The van der Waals surface area contributed by atoms with Gasteiger partial charge in [0.25, 0.3) is 0 Å². The SMILES string of the molecule is CCCNc1ncnc(NCC(O)C(CC)CC)c1OC. The van der Waals surface area contributed by atoms with E-state index >= 15 is 0 Å². The van der Waals surface area contributed by atoms with Crippen LogP contribution in [0.15, 0.2) is 6.33 Å². The molecule has 0 aliphatic rings. The Bertz CT molecular complexity index is 411. The molecule has 0 aromatic carbocycles. The number of hydrogen-bond donors (Lipinski definition) is 3. The Hall–Kier alpha value is -1.56. The largest absolute Gasteiger partial charge is 0.490 e. The first-order valence-corrected chi connectivity index (χ1v) is 7.72. The summed E-state index contributed by atoms with van der Waals surface area (Å²) in [6.07, 6.45) is 4.02. The molecule has 0 aliphatic heterocycles. The summed E-state index contributed by atoms with van der Waals surface area (Å²) < 4.78 is 5.39. The van der Waals surface area contributed by atoms with Gasteiger partial charge >= 0.3 is 0 Å². The molecule has 0 radical (unpaired) electrons. The van der Waals surface area contributed by atoms with Crippen LogP contribution in [0.2, 0.25) is 0 Å². The fourth-order valence-corrected chi connectivity index (χ4v) is 2.26. The number of nitrogens with one attached hydrogen (secondary N) is 2. The Labute approximate surface area is 127 Å². The van der Waals surface area contributed by atoms with E-state index in [4.69, 9.17) is 4.74 Å². The maximum absolute atomic E-state index is 10.2. The average Bonchev–Trinajstić information content (AvgIpc) is 2.51. The Morgan fingerprint density at radius 2 is 1.76 bits per heavy atom. The fourth-order valence-electron chi connectivity index (χ4n) is 2.26. The van der Waals surface area contributed by atoms with Gasteiger partial charge in [-0.15, -0.1) is 0 Å². The molecular weight excluding hydrogens is 268 g/mol. The van der Waals surface area contributed by atoms with Gasteiger partial charge in [-0.2, -0.15) is 0 Å². The molecule has 1 aromatic rings. The van der Waals surface area contributed by atoms with Gasteiger partial charge in [0.1, 0.15) is 6.33 Å². The predicted molar refractivity (Wildman–Crippen MR) is 85.9 cm³/mol. The van der Waals surface area contributed by atoms with E-state index in [-0.39, 0.29) is 0 Å². The highest BCUT2D eigenvalue weighted by molar-refractivity contribution is 5.63. The summed E-state index contributed by atoms with van der Waals surface area (Å²) in [7, 11) is 1.60. The summed E-state index contributed by atoms with van der Waals surface area (Å²) in [5.74, 6) is 2.16. The van der Waals surface area contributed by atoms with Gasteiger partial charge in [-0.3, -0.25) is 0 Å². The highest BCUT2D eigenvalue weighted by atomic mass is 16.5. The van der Waals surface area contributed by atoms with Gasteiger partial charge in [0.15, 0.2) is 11.6 Å². The second-order valence-electron chi connectivity index (χ2n) is 5.06. The number of hydrogen-bond acceptors (Lipinski definition) is 6. The molecule has 1 aromatic heterocycles. The van der Waals surface area contributed by atoms with Gasteiger partial charge in [0.05, 0.1) is 13.2 Å². The highest BCUT2D eigenvalue weighted by Crippen LogP contribution is 2.29. The Balaban J connectivity index is 2.74. The summed E-state index contributed by atoms with van der Waals surface area (Å²) in [5, 5.41) is 16.6. The lowest BCUT2D eigenvalue weighted by atomic mass is 9.96. The van der Waals surface area contributed by atoms with Crippen LogP contribution in [-0.2, 0) is 0 Å². The third kappa shape index (κ3) is 5.04. The second-order valence-corrected chi connectivity index (χ2v) is 5.06. The van der Waals surface area contributed by atoms with Crippen LogP contribution < -0.4 is 15.4 Å². The van der Waals surface area contributed by atoms with Crippen LogP contribution in [0.4, 0.5) is 11.6 Å². The van der Waals surface area contributed by atoms with Crippen LogP contribution in [0.3, 0.4) is 0 Å². The molecule has 1 rings (SSSR count). The van der Waals surface area contributed by atoms with E-state index in [1.807, 2.05) is 0 Å². The van der Waals surface area contributed by atoms with Crippen molar-refractivity contribution in [1.29, 1.82) is 0 Å². The minimum Gasteiger partial charge on any atom is -0.490 e. The van der Waals surface area contributed by atoms with Gasteiger partial charge < -0.3 is 20.5 Å². The van der Waals surface area contributed by atoms with Gasteiger partial charge in [0.2, 0.25) is 5.75 Å². The highest BCUT2D eigenvalue weighted by Gasteiger charge is 2.17. The number of rotatable bonds is 10. The van der Waals surface area contributed by atoms with Crippen LogP contribution in [-0.4, -0.2) is 41.4 Å². The van der Waals surface area contributed by atoms with Crippen LogP contribution in [0.1, 0.15) is 40.0 Å². The quantitative estimate of drug-likeness (QED) is 0.616. The maximum Gasteiger partial charge on any atom is 0.204 e. The number of nitrogens with zero attached hydrogens (tertiary/aromatic N) is 2. The summed E-state index contributed by atoms with van der Waals surface area (Å²) in [6, 6.07) is 0. The first kappa shape index (κ1) is 17.5. The van der Waals surface area contributed by atoms with E-state index in [9.17, 15) is 5.11 Å². The van der Waals surface area contributed by atoms with E-state index in [0.29, 0.717) is 29.8 Å². The zero-order chi connectivity index (χ0) is 15.7. The zero-order valence-electron chi connectivity index (χ0n) is 13.5. The zero-order valence-corrected chi connectivity index (χ0v) is 13.5. The number of aliphatic hydroxyl groups is 1. The normalized spacial score (nSPS) is 12.3. The molecule has 21 heavy (non-hydrogen) atoms. The molecule has 0 bridgehead atoms. The van der Waals surface area contributed by atoms with Crippen LogP contribution >= 0.6 is 0 Å². The van der Waals surface area contributed by atoms with Gasteiger partial charge in [0, 0.05) is 13.1 Å². The van der Waals surface area contributed by atoms with Crippen LogP contribution in [0.5, 0.6) is 5.75 Å². The van der Waals surface area contributed by atoms with Crippen molar-refractivity contribution >= 4 is 11.6 Å². The minimum atomic E-state index is -0.397. The van der Waals surface area contributed by atoms with Crippen molar-refractivity contribution in [2.24, 2.45) is 5.92 Å². The van der Waals surface area contributed by atoms with Crippen molar-refractivity contribution in [3.8, 4) is 5.75 Å². The first-order valence-electron chi connectivity index (χ1n) is 7.72. The number of anilines is 2. The lowest BCUT2D eigenvalue weighted by Gasteiger charge is -2.21. The van der Waals surface area contributed by atoms with Gasteiger partial charge in [-0.25, -0.2) is 9.97 Å². The Morgan fingerprint density at radius 1 is 1.14 bits per heavy atom. The smallest absolute Gasteiger partial charge is 0.204 e. The first-order chi connectivity index (χ1) is 10.2. The molecule has 0 spiro atoms. The summed E-state index contributed by atoms with van der Waals surface area (Å²) in [4.78, 5) is 8.40. The van der Waals surface area contributed by atoms with E-state index in [1.54, 1.807) is 7.11 Å². The molecule has 6 nitrogen and oxygen atoms in total. The lowest BCUT2D eigenvalue weighted by Crippen LogP contribution is -2.28. The van der Waals surface area contributed by atoms with E-state index in [0.717, 1.165) is 25.8 Å². The number of methoxy groups -OCH3 is 1. The van der Waals surface area contributed by atoms with Crippen molar-refractivity contribution in [3.05, 3.63) is 6.33 Å². The monoisotopic (exact) mass is 296 g/mol. The summed E-state index contributed by atoms with van der Waals surface area (Å²) in [5.41, 5.74) is 0. The Kier molecular flexibility index (Phi) is 7.82.